The van der Waals surface area contributed by atoms with Crippen molar-refractivity contribution in [2.75, 3.05) is 7.05 Å². The molecular formula is C22H26N4O4S. The largest absolute Gasteiger partial charge is 0.350 e. The number of nitrogens with zero attached hydrogens (tertiary/aromatic N) is 3. The van der Waals surface area contributed by atoms with Crippen molar-refractivity contribution < 1.29 is 13.2 Å². The van der Waals surface area contributed by atoms with Gasteiger partial charge in [0.05, 0.1) is 15.8 Å². The van der Waals surface area contributed by atoms with Gasteiger partial charge in [-0.1, -0.05) is 24.3 Å². The molecule has 1 aromatic heterocycles. The molecule has 3 rings (SSSR count). The first kappa shape index (κ1) is 22.6. The van der Waals surface area contributed by atoms with E-state index in [9.17, 15) is 18.0 Å². The van der Waals surface area contributed by atoms with E-state index in [1.54, 1.807) is 58.2 Å². The highest BCUT2D eigenvalue weighted by Crippen LogP contribution is 2.17. The molecule has 9 heteroatoms. The van der Waals surface area contributed by atoms with Crippen LogP contribution in [0, 0.1) is 6.92 Å². The van der Waals surface area contributed by atoms with E-state index >= 15 is 0 Å². The summed E-state index contributed by atoms with van der Waals surface area (Å²) in [6.45, 7) is 5.37. The maximum absolute atomic E-state index is 12.7. The van der Waals surface area contributed by atoms with E-state index in [0.717, 1.165) is 5.56 Å². The van der Waals surface area contributed by atoms with Crippen molar-refractivity contribution in [1.29, 1.82) is 0 Å². The minimum atomic E-state index is -3.55. The lowest BCUT2D eigenvalue weighted by atomic mass is 10.2. The number of hydrogen-bond acceptors (Lipinski definition) is 5. The molecule has 1 heterocycles. The number of para-hydroxylation sites is 1. The first-order chi connectivity index (χ1) is 14.6. The summed E-state index contributed by atoms with van der Waals surface area (Å²) in [5.41, 5.74) is 1.09. The molecule has 2 aromatic carbocycles. The van der Waals surface area contributed by atoms with E-state index in [1.165, 1.54) is 21.0 Å². The molecule has 0 aliphatic rings. The molecule has 0 unspecified atom stereocenters. The Morgan fingerprint density at radius 3 is 2.42 bits per heavy atom. The predicted octanol–water partition coefficient (Wildman–Crippen LogP) is 2.05. The molecule has 1 amide bonds. The molecule has 3 aromatic rings. The van der Waals surface area contributed by atoms with E-state index in [0.29, 0.717) is 16.7 Å². The number of carbonyl (C=O) groups excluding carboxylic acids is 1. The summed E-state index contributed by atoms with van der Waals surface area (Å²) >= 11 is 0. The van der Waals surface area contributed by atoms with Crippen LogP contribution in [0.1, 0.15) is 25.2 Å². The topological polar surface area (TPSA) is 101 Å². The molecule has 31 heavy (non-hydrogen) atoms. The van der Waals surface area contributed by atoms with Crippen molar-refractivity contribution in [2.45, 2.75) is 44.8 Å². The van der Waals surface area contributed by atoms with E-state index in [-0.39, 0.29) is 35.5 Å². The summed E-state index contributed by atoms with van der Waals surface area (Å²) in [6, 6.07) is 13.2. The summed E-state index contributed by atoms with van der Waals surface area (Å²) in [5, 5.41) is 3.22. The van der Waals surface area contributed by atoms with Crippen molar-refractivity contribution in [3.05, 3.63) is 70.3 Å². The zero-order chi connectivity index (χ0) is 22.8. The third kappa shape index (κ3) is 4.83. The Morgan fingerprint density at radius 2 is 1.77 bits per heavy atom. The third-order valence-electron chi connectivity index (χ3n) is 5.17. The van der Waals surface area contributed by atoms with Gasteiger partial charge in [-0.05, 0) is 50.6 Å². The molecule has 0 fully saturated rings. The number of aryl methyl sites for hydroxylation is 1. The van der Waals surface area contributed by atoms with Crippen LogP contribution in [0.3, 0.4) is 0 Å². The van der Waals surface area contributed by atoms with Crippen LogP contribution in [0.2, 0.25) is 0 Å². The number of rotatable bonds is 7. The Labute approximate surface area is 181 Å². The molecule has 0 radical (unpaired) electrons. The van der Waals surface area contributed by atoms with Gasteiger partial charge in [0.2, 0.25) is 15.9 Å². The number of fused-ring (bicyclic) bond motifs is 1. The quantitative estimate of drug-likeness (QED) is 0.603. The molecule has 164 valence electrons. The number of aromatic nitrogens is 2. The number of carbonyl (C=O) groups is 1. The van der Waals surface area contributed by atoms with Crippen LogP contribution in [0.5, 0.6) is 0 Å². The summed E-state index contributed by atoms with van der Waals surface area (Å²) in [4.78, 5) is 29.7. The van der Waals surface area contributed by atoms with Crippen LogP contribution in [-0.4, -0.2) is 41.3 Å². The molecule has 0 saturated carbocycles. The molecule has 0 aliphatic heterocycles. The summed E-state index contributed by atoms with van der Waals surface area (Å²) in [7, 11) is -2.01. The van der Waals surface area contributed by atoms with Crippen molar-refractivity contribution in [1.82, 2.24) is 19.2 Å². The minimum Gasteiger partial charge on any atom is -0.350 e. The second-order valence-electron chi connectivity index (χ2n) is 7.60. The minimum absolute atomic E-state index is 0.145. The lowest BCUT2D eigenvalue weighted by Gasteiger charge is -2.21. The van der Waals surface area contributed by atoms with Crippen molar-refractivity contribution >= 4 is 26.8 Å². The van der Waals surface area contributed by atoms with Gasteiger partial charge in [0.25, 0.3) is 5.56 Å². The highest BCUT2D eigenvalue weighted by Gasteiger charge is 2.22. The van der Waals surface area contributed by atoms with E-state index < -0.39 is 10.0 Å². The van der Waals surface area contributed by atoms with Crippen molar-refractivity contribution in [2.24, 2.45) is 0 Å². The molecule has 1 N–H and O–H groups in total. The van der Waals surface area contributed by atoms with Gasteiger partial charge in [-0.2, -0.15) is 4.31 Å². The van der Waals surface area contributed by atoms with Crippen LogP contribution in [0.15, 0.2) is 58.2 Å². The molecular weight excluding hydrogens is 416 g/mol. The van der Waals surface area contributed by atoms with Crippen LogP contribution in [0.4, 0.5) is 0 Å². The maximum Gasteiger partial charge on any atom is 0.261 e. The summed E-state index contributed by atoms with van der Waals surface area (Å²) in [6.07, 6.45) is 0. The van der Waals surface area contributed by atoms with Crippen LogP contribution in [0.25, 0.3) is 10.9 Å². The van der Waals surface area contributed by atoms with Gasteiger partial charge in [0, 0.05) is 19.6 Å². The molecule has 0 saturated heterocycles. The fourth-order valence-electron chi connectivity index (χ4n) is 3.09. The molecule has 0 bridgehead atoms. The monoisotopic (exact) mass is 442 g/mol. The SMILES string of the molecule is Cc1nc2ccccc2c(=O)n1CC(=O)NCc1ccc(S(=O)(=O)N(C)C(C)C)cc1. The Balaban J connectivity index is 1.68. The highest BCUT2D eigenvalue weighted by atomic mass is 32.2. The number of amides is 1. The van der Waals surface area contributed by atoms with Crippen molar-refractivity contribution in [3.8, 4) is 0 Å². The van der Waals surface area contributed by atoms with Crippen molar-refractivity contribution in [3.63, 3.8) is 0 Å². The lowest BCUT2D eigenvalue weighted by molar-refractivity contribution is -0.121. The van der Waals surface area contributed by atoms with E-state index in [4.69, 9.17) is 0 Å². The summed E-state index contributed by atoms with van der Waals surface area (Å²) < 4.78 is 27.7. The van der Waals surface area contributed by atoms with Gasteiger partial charge in [-0.15, -0.1) is 0 Å². The molecule has 0 spiro atoms. The fraction of sp³-hybridized carbons (Fsp3) is 0.318. The van der Waals surface area contributed by atoms with Crippen LogP contribution in [-0.2, 0) is 27.9 Å². The fourth-order valence-corrected chi connectivity index (χ4v) is 4.46. The smallest absolute Gasteiger partial charge is 0.261 e. The molecule has 0 aliphatic carbocycles. The molecule has 0 atom stereocenters. The zero-order valence-corrected chi connectivity index (χ0v) is 18.8. The van der Waals surface area contributed by atoms with Gasteiger partial charge in [-0.3, -0.25) is 14.2 Å². The van der Waals surface area contributed by atoms with Crippen LogP contribution >= 0.6 is 0 Å². The molecule has 8 nitrogen and oxygen atoms in total. The third-order valence-corrected chi connectivity index (χ3v) is 7.22. The van der Waals surface area contributed by atoms with Gasteiger partial charge in [-0.25, -0.2) is 13.4 Å². The van der Waals surface area contributed by atoms with E-state index in [1.807, 2.05) is 6.07 Å². The first-order valence-corrected chi connectivity index (χ1v) is 11.3. The van der Waals surface area contributed by atoms with Gasteiger partial charge < -0.3 is 5.32 Å². The maximum atomic E-state index is 12.7. The Kier molecular flexibility index (Phi) is 6.56. The number of benzene rings is 2. The Morgan fingerprint density at radius 1 is 1.13 bits per heavy atom. The normalized spacial score (nSPS) is 11.9. The lowest BCUT2D eigenvalue weighted by Crippen LogP contribution is -2.34. The van der Waals surface area contributed by atoms with Gasteiger partial charge in [0.1, 0.15) is 12.4 Å². The zero-order valence-electron chi connectivity index (χ0n) is 18.0. The first-order valence-electron chi connectivity index (χ1n) is 9.91. The highest BCUT2D eigenvalue weighted by molar-refractivity contribution is 7.89. The Bertz CT molecular complexity index is 1260. The van der Waals surface area contributed by atoms with E-state index in [2.05, 4.69) is 10.3 Å². The van der Waals surface area contributed by atoms with Gasteiger partial charge in [0.15, 0.2) is 0 Å². The summed E-state index contributed by atoms with van der Waals surface area (Å²) in [5.74, 6) is 0.126. The predicted molar refractivity (Wildman–Crippen MR) is 119 cm³/mol. The average molecular weight is 443 g/mol. The number of sulfonamides is 1. The average Bonchev–Trinajstić information content (AvgIpc) is 2.74. The second-order valence-corrected chi connectivity index (χ2v) is 9.60. The standard InChI is InChI=1S/C22H26N4O4S/c1-15(2)25(4)31(29,30)18-11-9-17(10-12-18)13-23-21(27)14-26-16(3)24-20-8-6-5-7-19(20)22(26)28/h5-12,15H,13-14H2,1-4H3,(H,23,27). The number of nitrogens with one attached hydrogen (secondary N) is 1. The number of hydrogen-bond donors (Lipinski definition) is 1. The van der Waals surface area contributed by atoms with Gasteiger partial charge >= 0.3 is 0 Å². The second kappa shape index (κ2) is 8.99. The van der Waals surface area contributed by atoms with Crippen LogP contribution < -0.4 is 10.9 Å². The Hall–Kier alpha value is -3.04.